The van der Waals surface area contributed by atoms with Crippen molar-refractivity contribution in [2.24, 2.45) is 11.5 Å². The fourth-order valence-corrected chi connectivity index (χ4v) is 3.33. The number of imidazole rings is 1. The Morgan fingerprint density at radius 1 is 1.14 bits per heavy atom. The Morgan fingerprint density at radius 3 is 2.69 bits per heavy atom. The maximum atomic E-state index is 12.0. The third-order valence-electron chi connectivity index (χ3n) is 5.29. The molecular weight excluding hydrogens is 460 g/mol. The molecule has 2 heterocycles. The number of carboxylic acids is 1. The van der Waals surface area contributed by atoms with Gasteiger partial charge in [-0.2, -0.15) is 0 Å². The van der Waals surface area contributed by atoms with Crippen molar-refractivity contribution in [1.29, 1.82) is 0 Å². The highest BCUT2D eigenvalue weighted by atomic mass is 16.5. The summed E-state index contributed by atoms with van der Waals surface area (Å²) in [5.41, 5.74) is 11.7. The van der Waals surface area contributed by atoms with E-state index in [-0.39, 0.29) is 25.1 Å². The first kappa shape index (κ1) is 27.7. The maximum absolute atomic E-state index is 12.0. The predicted molar refractivity (Wildman–Crippen MR) is 126 cm³/mol. The van der Waals surface area contributed by atoms with Crippen LogP contribution in [0.25, 0.3) is 11.2 Å². The zero-order valence-corrected chi connectivity index (χ0v) is 19.6. The number of fused-ring (bicyclic) bond motifs is 1. The summed E-state index contributed by atoms with van der Waals surface area (Å²) in [7, 11) is 0. The zero-order valence-electron chi connectivity index (χ0n) is 19.6. The molecule has 2 atom stereocenters. The van der Waals surface area contributed by atoms with Gasteiger partial charge in [-0.05, 0) is 51.5 Å². The lowest BCUT2D eigenvalue weighted by Gasteiger charge is -2.17. The molecule has 0 spiro atoms. The number of hydrogen-bond acceptors (Lipinski definition) is 9. The molecule has 2 aromatic heterocycles. The number of aliphatic carboxylic acids is 1. The number of amides is 2. The van der Waals surface area contributed by atoms with Crippen LogP contribution >= 0.6 is 0 Å². The number of H-pyrrole nitrogens is 1. The second kappa shape index (κ2) is 14.7. The molecule has 14 heteroatoms. The minimum Gasteiger partial charge on any atom is -0.480 e. The van der Waals surface area contributed by atoms with E-state index in [1.807, 2.05) is 0 Å². The first-order chi connectivity index (χ1) is 16.8. The lowest BCUT2D eigenvalue weighted by molar-refractivity contribution is -0.142. The van der Waals surface area contributed by atoms with Gasteiger partial charge >= 0.3 is 12.1 Å². The van der Waals surface area contributed by atoms with Gasteiger partial charge in [0, 0.05) is 13.1 Å². The van der Waals surface area contributed by atoms with Crippen LogP contribution in [0.3, 0.4) is 0 Å². The van der Waals surface area contributed by atoms with Crippen molar-refractivity contribution in [2.45, 2.75) is 63.6 Å². The monoisotopic (exact) mass is 494 g/mol. The van der Waals surface area contributed by atoms with Gasteiger partial charge in [-0.1, -0.05) is 0 Å². The standard InChI is InChI=1S/C21H34N8O6/c22-8-4-6-14(23)18(30)28-15(20(32)33)7-5-9-24-21(34)35-11-3-1-2-10-29-13-27-16-17(29)25-12-26-19(16)31/h12-15H,1-11,22-23H2,(H,24,34)(H,28,30)(H,32,33)(H,25,26,31)/t14-,15-/m0/s1. The first-order valence-electron chi connectivity index (χ1n) is 11.6. The molecule has 194 valence electrons. The lowest BCUT2D eigenvalue weighted by atomic mass is 10.1. The van der Waals surface area contributed by atoms with Crippen LogP contribution in [-0.2, 0) is 20.9 Å². The van der Waals surface area contributed by atoms with Crippen molar-refractivity contribution in [3.05, 3.63) is 23.0 Å². The molecule has 2 aromatic rings. The molecule has 0 unspecified atom stereocenters. The summed E-state index contributed by atoms with van der Waals surface area (Å²) in [5, 5.41) is 14.3. The average Bonchev–Trinajstić information content (AvgIpc) is 3.25. The van der Waals surface area contributed by atoms with Crippen LogP contribution in [0, 0.1) is 0 Å². The number of aromatic amines is 1. The van der Waals surface area contributed by atoms with Gasteiger partial charge in [0.2, 0.25) is 5.91 Å². The molecule has 0 fully saturated rings. The Bertz CT molecular complexity index is 1020. The molecule has 0 saturated carbocycles. The Kier molecular flexibility index (Phi) is 11.6. The Hall–Kier alpha value is -3.52. The van der Waals surface area contributed by atoms with Gasteiger partial charge in [0.05, 0.1) is 25.3 Å². The summed E-state index contributed by atoms with van der Waals surface area (Å²) >= 11 is 0. The summed E-state index contributed by atoms with van der Waals surface area (Å²) in [5.74, 6) is -1.71. The van der Waals surface area contributed by atoms with Crippen molar-refractivity contribution >= 4 is 29.1 Å². The van der Waals surface area contributed by atoms with E-state index >= 15 is 0 Å². The summed E-state index contributed by atoms with van der Waals surface area (Å²) in [4.78, 5) is 57.5. The minimum atomic E-state index is -1.17. The molecule has 2 rings (SSSR count). The number of unbranched alkanes of at least 4 members (excludes halogenated alkanes) is 2. The van der Waals surface area contributed by atoms with E-state index in [1.165, 1.54) is 6.33 Å². The molecule has 0 radical (unpaired) electrons. The van der Waals surface area contributed by atoms with E-state index in [1.54, 1.807) is 10.9 Å². The topological polar surface area (TPSA) is 220 Å². The van der Waals surface area contributed by atoms with E-state index in [4.69, 9.17) is 16.2 Å². The summed E-state index contributed by atoms with van der Waals surface area (Å²) in [6.07, 6.45) is 5.99. The lowest BCUT2D eigenvalue weighted by Crippen LogP contribution is -2.48. The van der Waals surface area contributed by atoms with Gasteiger partial charge in [0.25, 0.3) is 5.56 Å². The number of nitrogens with two attached hydrogens (primary N) is 2. The van der Waals surface area contributed by atoms with Gasteiger partial charge in [-0.25, -0.2) is 19.6 Å². The molecule has 0 aliphatic rings. The summed E-state index contributed by atoms with van der Waals surface area (Å²) < 4.78 is 6.92. The molecular formula is C21H34N8O6. The van der Waals surface area contributed by atoms with E-state index in [0.29, 0.717) is 49.9 Å². The van der Waals surface area contributed by atoms with Crippen molar-refractivity contribution in [3.8, 4) is 0 Å². The fourth-order valence-electron chi connectivity index (χ4n) is 3.33. The molecule has 14 nitrogen and oxygen atoms in total. The average molecular weight is 495 g/mol. The predicted octanol–water partition coefficient (Wildman–Crippen LogP) is -0.568. The van der Waals surface area contributed by atoms with Crippen molar-refractivity contribution < 1.29 is 24.2 Å². The number of nitrogens with one attached hydrogen (secondary N) is 3. The number of carboxylic acid groups (broad SMARTS) is 1. The van der Waals surface area contributed by atoms with Crippen molar-refractivity contribution in [2.75, 3.05) is 19.7 Å². The number of carbonyl (C=O) groups excluding carboxylic acids is 2. The van der Waals surface area contributed by atoms with Crippen LogP contribution in [-0.4, -0.2) is 74.4 Å². The highest BCUT2D eigenvalue weighted by molar-refractivity contribution is 5.86. The molecule has 8 N–H and O–H groups in total. The fraction of sp³-hybridized carbons (Fsp3) is 0.619. The molecule has 0 aliphatic carbocycles. The third kappa shape index (κ3) is 9.33. The number of nitrogens with zero attached hydrogens (tertiary/aromatic N) is 3. The number of aromatic nitrogens is 4. The van der Waals surface area contributed by atoms with E-state index < -0.39 is 30.1 Å². The van der Waals surface area contributed by atoms with Crippen LogP contribution in [0.15, 0.2) is 17.4 Å². The number of rotatable bonds is 16. The normalized spacial score (nSPS) is 12.7. The second-order valence-corrected chi connectivity index (χ2v) is 8.04. The van der Waals surface area contributed by atoms with Gasteiger partial charge in [0.1, 0.15) is 6.04 Å². The molecule has 35 heavy (non-hydrogen) atoms. The molecule has 0 aromatic carbocycles. The van der Waals surface area contributed by atoms with E-state index in [0.717, 1.165) is 12.8 Å². The first-order valence-corrected chi connectivity index (χ1v) is 11.6. The van der Waals surface area contributed by atoms with Crippen LogP contribution in [0.5, 0.6) is 0 Å². The minimum absolute atomic E-state index is 0.134. The third-order valence-corrected chi connectivity index (χ3v) is 5.29. The van der Waals surface area contributed by atoms with Crippen molar-refractivity contribution in [3.63, 3.8) is 0 Å². The Morgan fingerprint density at radius 2 is 1.94 bits per heavy atom. The highest BCUT2D eigenvalue weighted by Gasteiger charge is 2.22. The van der Waals surface area contributed by atoms with Gasteiger partial charge < -0.3 is 41.5 Å². The SMILES string of the molecule is NCCC[C@H](N)C(=O)N[C@@H](CCCNC(=O)OCCCCCn1cnc2c(=O)[nH]cnc21)C(=O)O. The number of carbonyl (C=O) groups is 3. The number of alkyl carbamates (subject to hydrolysis) is 1. The van der Waals surface area contributed by atoms with Gasteiger partial charge in [0.15, 0.2) is 11.2 Å². The zero-order chi connectivity index (χ0) is 25.6. The maximum Gasteiger partial charge on any atom is 0.407 e. The molecule has 0 aliphatic heterocycles. The van der Waals surface area contributed by atoms with Crippen LogP contribution in [0.4, 0.5) is 4.79 Å². The molecule has 0 bridgehead atoms. The Balaban J connectivity index is 1.56. The number of ether oxygens (including phenoxy) is 1. The largest absolute Gasteiger partial charge is 0.480 e. The quantitative estimate of drug-likeness (QED) is 0.163. The van der Waals surface area contributed by atoms with Crippen LogP contribution in [0.1, 0.15) is 44.9 Å². The van der Waals surface area contributed by atoms with Crippen LogP contribution in [0.2, 0.25) is 0 Å². The van der Waals surface area contributed by atoms with E-state index in [2.05, 4.69) is 25.6 Å². The smallest absolute Gasteiger partial charge is 0.407 e. The highest BCUT2D eigenvalue weighted by Crippen LogP contribution is 2.07. The van der Waals surface area contributed by atoms with Crippen molar-refractivity contribution in [1.82, 2.24) is 30.2 Å². The summed E-state index contributed by atoms with van der Waals surface area (Å²) in [6, 6.07) is -1.90. The molecule has 0 saturated heterocycles. The van der Waals surface area contributed by atoms with Crippen LogP contribution < -0.4 is 27.7 Å². The van der Waals surface area contributed by atoms with Gasteiger partial charge in [-0.3, -0.25) is 9.59 Å². The Labute approximate surface area is 201 Å². The molecule has 2 amide bonds. The summed E-state index contributed by atoms with van der Waals surface area (Å²) in [6.45, 7) is 1.48. The van der Waals surface area contributed by atoms with Gasteiger partial charge in [-0.15, -0.1) is 0 Å². The second-order valence-electron chi connectivity index (χ2n) is 8.04. The van der Waals surface area contributed by atoms with E-state index in [9.17, 15) is 24.3 Å². The number of aryl methyl sites for hydroxylation is 1. The number of hydrogen-bond donors (Lipinski definition) is 6.